The number of thiophene rings is 1. The zero-order valence-electron chi connectivity index (χ0n) is 25.2. The molecule has 0 aliphatic rings. The van der Waals surface area contributed by atoms with Crippen molar-refractivity contribution in [3.05, 3.63) is 163 Å². The highest BCUT2D eigenvalue weighted by Gasteiger charge is 2.19. The third-order valence-corrected chi connectivity index (χ3v) is 10.7. The number of hydrogen-bond donors (Lipinski definition) is 0. The van der Waals surface area contributed by atoms with Crippen molar-refractivity contribution in [2.75, 3.05) is 0 Å². The minimum atomic E-state index is 0.719. The molecule has 3 aromatic heterocycles. The zero-order chi connectivity index (χ0) is 31.1. The molecule has 3 heterocycles. The molecule has 0 amide bonds. The average Bonchev–Trinajstić information content (AvgIpc) is 3.79. The number of para-hydroxylation sites is 3. The number of fused-ring (bicyclic) bond motifs is 10. The quantitative estimate of drug-likeness (QED) is 0.176. The van der Waals surface area contributed by atoms with E-state index in [0.717, 1.165) is 27.1 Å². The summed E-state index contributed by atoms with van der Waals surface area (Å²) in [6.07, 6.45) is 0. The number of hydrogen-bond acceptors (Lipinski definition) is 1. The molecule has 0 aliphatic carbocycles. The standard InChI is InChI=1S/C43H25N3S/c1-44-35-19-10-18-34-42-40(47-43(34)35)24-23-39-41(42)33-17-4-7-22-38(33)46(39)30-14-9-12-28(26-30)27-11-8-13-29(25-27)45-36-20-5-2-15-31(36)32-16-3-6-21-37(32)45/h2-26H. The summed E-state index contributed by atoms with van der Waals surface area (Å²) in [6, 6.07) is 54.4. The Bertz CT molecular complexity index is 2880. The molecule has 0 radical (unpaired) electrons. The summed E-state index contributed by atoms with van der Waals surface area (Å²) in [4.78, 5) is 3.83. The Kier molecular flexibility index (Phi) is 5.51. The Labute approximate surface area is 274 Å². The lowest BCUT2D eigenvalue weighted by Gasteiger charge is -2.12. The van der Waals surface area contributed by atoms with Crippen LogP contribution in [0.1, 0.15) is 0 Å². The number of benzene rings is 7. The van der Waals surface area contributed by atoms with Gasteiger partial charge in [-0.3, -0.25) is 0 Å². The molecule has 218 valence electrons. The average molecular weight is 616 g/mol. The Balaban J connectivity index is 1.18. The molecule has 0 unspecified atom stereocenters. The van der Waals surface area contributed by atoms with Crippen LogP contribution in [-0.4, -0.2) is 9.13 Å². The molecule has 0 N–H and O–H groups in total. The van der Waals surface area contributed by atoms with Gasteiger partial charge in [0.1, 0.15) is 0 Å². The van der Waals surface area contributed by atoms with Crippen molar-refractivity contribution >= 4 is 80.8 Å². The van der Waals surface area contributed by atoms with Crippen molar-refractivity contribution in [2.45, 2.75) is 0 Å². The van der Waals surface area contributed by atoms with Crippen LogP contribution < -0.4 is 0 Å². The SMILES string of the molecule is [C-]#[N+]c1cccc2c1sc1ccc3c(c4ccccc4n3-c3cccc(-c4cccc(-n5c6ccccc6c6ccccc65)c4)c3)c12. The molecular formula is C43H25N3S. The van der Waals surface area contributed by atoms with Gasteiger partial charge in [-0.25, -0.2) is 4.85 Å². The van der Waals surface area contributed by atoms with Gasteiger partial charge >= 0.3 is 0 Å². The second-order valence-electron chi connectivity index (χ2n) is 12.0. The maximum absolute atomic E-state index is 7.75. The van der Waals surface area contributed by atoms with Crippen LogP contribution in [0, 0.1) is 6.57 Å². The Morgan fingerprint density at radius 3 is 1.62 bits per heavy atom. The molecule has 0 bridgehead atoms. The van der Waals surface area contributed by atoms with E-state index in [9.17, 15) is 0 Å². The second kappa shape index (κ2) is 9.92. The largest absolute Gasteiger partial charge is 0.309 e. The van der Waals surface area contributed by atoms with Crippen LogP contribution >= 0.6 is 11.3 Å². The van der Waals surface area contributed by atoms with Gasteiger partial charge in [0, 0.05) is 47.7 Å². The highest BCUT2D eigenvalue weighted by atomic mass is 32.1. The molecule has 0 saturated carbocycles. The minimum absolute atomic E-state index is 0.719. The molecule has 47 heavy (non-hydrogen) atoms. The van der Waals surface area contributed by atoms with Gasteiger partial charge in [-0.05, 0) is 71.1 Å². The van der Waals surface area contributed by atoms with Gasteiger partial charge in [-0.1, -0.05) is 97.1 Å². The Hall–Kier alpha value is -6.15. The monoisotopic (exact) mass is 615 g/mol. The van der Waals surface area contributed by atoms with Gasteiger partial charge in [0.15, 0.2) is 0 Å². The molecule has 0 spiro atoms. The fourth-order valence-electron chi connectivity index (χ4n) is 7.55. The van der Waals surface area contributed by atoms with Gasteiger partial charge < -0.3 is 9.13 Å². The topological polar surface area (TPSA) is 14.2 Å². The molecule has 0 fully saturated rings. The van der Waals surface area contributed by atoms with Crippen LogP contribution in [0.3, 0.4) is 0 Å². The first-order valence-corrected chi connectivity index (χ1v) is 16.5. The predicted molar refractivity (Wildman–Crippen MR) is 200 cm³/mol. The number of rotatable bonds is 3. The Morgan fingerprint density at radius 2 is 0.979 bits per heavy atom. The lowest BCUT2D eigenvalue weighted by atomic mass is 10.0. The molecule has 3 nitrogen and oxygen atoms in total. The van der Waals surface area contributed by atoms with Gasteiger partial charge in [-0.15, -0.1) is 11.3 Å². The van der Waals surface area contributed by atoms with Crippen LogP contribution in [0.5, 0.6) is 0 Å². The van der Waals surface area contributed by atoms with Crippen molar-refractivity contribution in [3.63, 3.8) is 0 Å². The van der Waals surface area contributed by atoms with E-state index in [1.165, 1.54) is 64.8 Å². The molecule has 10 rings (SSSR count). The maximum Gasteiger partial charge on any atom is 0.204 e. The molecule has 10 aromatic rings. The first-order chi connectivity index (χ1) is 23.3. The predicted octanol–water partition coefficient (Wildman–Crippen LogP) is 12.5. The van der Waals surface area contributed by atoms with Crippen molar-refractivity contribution in [1.29, 1.82) is 0 Å². The van der Waals surface area contributed by atoms with Crippen molar-refractivity contribution in [3.8, 4) is 22.5 Å². The fourth-order valence-corrected chi connectivity index (χ4v) is 8.72. The third kappa shape index (κ3) is 3.72. The van der Waals surface area contributed by atoms with Crippen molar-refractivity contribution in [1.82, 2.24) is 9.13 Å². The van der Waals surface area contributed by atoms with Gasteiger partial charge in [-0.2, -0.15) is 0 Å². The normalized spacial score (nSPS) is 11.8. The fraction of sp³-hybridized carbons (Fsp3) is 0. The molecule has 7 aromatic carbocycles. The molecule has 0 atom stereocenters. The smallest absolute Gasteiger partial charge is 0.204 e. The highest BCUT2D eigenvalue weighted by molar-refractivity contribution is 7.26. The summed E-state index contributed by atoms with van der Waals surface area (Å²) in [6.45, 7) is 7.75. The van der Waals surface area contributed by atoms with Gasteiger partial charge in [0.05, 0.1) is 28.6 Å². The zero-order valence-corrected chi connectivity index (χ0v) is 26.0. The van der Waals surface area contributed by atoms with Crippen LogP contribution in [0.4, 0.5) is 5.69 Å². The first-order valence-electron chi connectivity index (χ1n) is 15.7. The summed E-state index contributed by atoms with van der Waals surface area (Å²) in [5.74, 6) is 0. The van der Waals surface area contributed by atoms with Crippen molar-refractivity contribution in [2.24, 2.45) is 0 Å². The van der Waals surface area contributed by atoms with Crippen LogP contribution in [0.25, 0.3) is 91.1 Å². The summed E-state index contributed by atoms with van der Waals surface area (Å²) in [5.41, 5.74) is 10.1. The first kappa shape index (κ1) is 26.1. The maximum atomic E-state index is 7.75. The van der Waals surface area contributed by atoms with Crippen LogP contribution in [-0.2, 0) is 0 Å². The van der Waals surface area contributed by atoms with E-state index in [1.807, 2.05) is 12.1 Å². The van der Waals surface area contributed by atoms with E-state index in [1.54, 1.807) is 11.3 Å². The minimum Gasteiger partial charge on any atom is -0.309 e. The number of aromatic nitrogens is 2. The summed E-state index contributed by atoms with van der Waals surface area (Å²) < 4.78 is 7.04. The molecular weight excluding hydrogens is 591 g/mol. The van der Waals surface area contributed by atoms with E-state index in [-0.39, 0.29) is 0 Å². The van der Waals surface area contributed by atoms with Crippen LogP contribution in [0.15, 0.2) is 152 Å². The van der Waals surface area contributed by atoms with Gasteiger partial charge in [0.25, 0.3) is 0 Å². The second-order valence-corrected chi connectivity index (χ2v) is 13.1. The van der Waals surface area contributed by atoms with Crippen LogP contribution in [0.2, 0.25) is 0 Å². The van der Waals surface area contributed by atoms with Gasteiger partial charge in [0.2, 0.25) is 5.69 Å². The summed E-state index contributed by atoms with van der Waals surface area (Å²) in [5, 5.41) is 7.38. The van der Waals surface area contributed by atoms with E-state index in [0.29, 0.717) is 0 Å². The van der Waals surface area contributed by atoms with E-state index in [2.05, 4.69) is 154 Å². The van der Waals surface area contributed by atoms with E-state index in [4.69, 9.17) is 6.57 Å². The Morgan fingerprint density at radius 1 is 0.447 bits per heavy atom. The van der Waals surface area contributed by atoms with Crippen molar-refractivity contribution < 1.29 is 0 Å². The summed E-state index contributed by atoms with van der Waals surface area (Å²) in [7, 11) is 0. The highest BCUT2D eigenvalue weighted by Crippen LogP contribution is 2.46. The molecule has 0 saturated heterocycles. The number of nitrogens with zero attached hydrogens (tertiary/aromatic N) is 3. The third-order valence-electron chi connectivity index (χ3n) is 9.52. The molecule has 0 aliphatic heterocycles. The van der Waals surface area contributed by atoms with E-state index < -0.39 is 0 Å². The summed E-state index contributed by atoms with van der Waals surface area (Å²) >= 11 is 1.72. The molecule has 4 heteroatoms. The lowest BCUT2D eigenvalue weighted by Crippen LogP contribution is -1.96. The van der Waals surface area contributed by atoms with E-state index >= 15 is 0 Å². The lowest BCUT2D eigenvalue weighted by molar-refractivity contribution is 1.17.